The Morgan fingerprint density at radius 2 is 2.25 bits per heavy atom. The number of hydrazine groups is 1. The number of urea groups is 1. The summed E-state index contributed by atoms with van der Waals surface area (Å²) >= 11 is 5.98. The number of anilines is 1. The lowest BCUT2D eigenvalue weighted by molar-refractivity contribution is 0.0585. The summed E-state index contributed by atoms with van der Waals surface area (Å²) < 4.78 is 5.85. The minimum Gasteiger partial charge on any atom is -0.377 e. The molecule has 7 heteroatoms. The number of ether oxygens (including phenoxy) is 1. The van der Waals surface area contributed by atoms with E-state index in [-0.39, 0.29) is 18.2 Å². The summed E-state index contributed by atoms with van der Waals surface area (Å²) in [7, 11) is 0. The molecule has 130 valence electrons. The highest BCUT2D eigenvalue weighted by Crippen LogP contribution is 2.30. The molecule has 0 aromatic heterocycles. The second kappa shape index (κ2) is 6.88. The summed E-state index contributed by atoms with van der Waals surface area (Å²) in [5, 5.41) is 3.57. The van der Waals surface area contributed by atoms with Gasteiger partial charge in [-0.2, -0.15) is 0 Å². The van der Waals surface area contributed by atoms with Crippen LogP contribution in [-0.4, -0.2) is 48.8 Å². The van der Waals surface area contributed by atoms with Gasteiger partial charge in [0.1, 0.15) is 0 Å². The molecule has 3 aliphatic rings. The van der Waals surface area contributed by atoms with Crippen molar-refractivity contribution in [3.63, 3.8) is 0 Å². The number of nitrogens with one attached hydrogen (secondary N) is 3. The lowest BCUT2D eigenvalue weighted by Gasteiger charge is -2.37. The van der Waals surface area contributed by atoms with E-state index >= 15 is 0 Å². The average Bonchev–Trinajstić information content (AvgIpc) is 3.23. The van der Waals surface area contributed by atoms with Crippen LogP contribution in [0.5, 0.6) is 0 Å². The molecule has 0 bridgehead atoms. The maximum absolute atomic E-state index is 12.6. The van der Waals surface area contributed by atoms with Gasteiger partial charge in [0.15, 0.2) is 0 Å². The summed E-state index contributed by atoms with van der Waals surface area (Å²) in [6, 6.07) is 7.87. The van der Waals surface area contributed by atoms with Crippen molar-refractivity contribution >= 4 is 23.3 Å². The summed E-state index contributed by atoms with van der Waals surface area (Å²) in [6.45, 7) is 2.33. The van der Waals surface area contributed by atoms with Crippen molar-refractivity contribution < 1.29 is 9.53 Å². The smallest absolute Gasteiger partial charge is 0.321 e. The monoisotopic (exact) mass is 350 g/mol. The molecular weight excluding hydrogens is 328 g/mol. The molecule has 6 nitrogen and oxygen atoms in total. The van der Waals surface area contributed by atoms with Gasteiger partial charge in [-0.3, -0.25) is 10.9 Å². The number of likely N-dealkylation sites (tertiary alicyclic amines) is 1. The second-order valence-electron chi connectivity index (χ2n) is 6.81. The zero-order valence-corrected chi connectivity index (χ0v) is 14.3. The molecule has 3 saturated heterocycles. The third-order valence-electron chi connectivity index (χ3n) is 5.28. The van der Waals surface area contributed by atoms with E-state index in [1.807, 2.05) is 17.0 Å². The summed E-state index contributed by atoms with van der Waals surface area (Å²) in [5.74, 6) is 0.381. The van der Waals surface area contributed by atoms with Gasteiger partial charge in [-0.1, -0.05) is 17.7 Å². The number of piperidine rings is 1. The molecule has 0 aliphatic carbocycles. The number of carbonyl (C=O) groups is 1. The molecule has 4 atom stereocenters. The Bertz CT molecular complexity index is 608. The number of benzene rings is 1. The molecule has 3 aliphatic heterocycles. The minimum atomic E-state index is -0.0614. The fraction of sp³-hybridized carbons (Fsp3) is 0.588. The van der Waals surface area contributed by atoms with Gasteiger partial charge in [-0.25, -0.2) is 4.79 Å². The Kier molecular flexibility index (Phi) is 4.63. The largest absolute Gasteiger partial charge is 0.377 e. The Hall–Kier alpha value is -1.34. The zero-order chi connectivity index (χ0) is 16.5. The molecule has 3 fully saturated rings. The van der Waals surface area contributed by atoms with Gasteiger partial charge >= 0.3 is 6.03 Å². The van der Waals surface area contributed by atoms with Gasteiger partial charge in [0.25, 0.3) is 0 Å². The lowest BCUT2D eigenvalue weighted by Crippen LogP contribution is -2.51. The van der Waals surface area contributed by atoms with Gasteiger partial charge in [0, 0.05) is 42.4 Å². The average molecular weight is 351 g/mol. The van der Waals surface area contributed by atoms with Gasteiger partial charge < -0.3 is 15.0 Å². The van der Waals surface area contributed by atoms with Gasteiger partial charge in [-0.05, 0) is 37.5 Å². The van der Waals surface area contributed by atoms with Crippen LogP contribution in [0.25, 0.3) is 0 Å². The highest BCUT2D eigenvalue weighted by atomic mass is 35.5. The molecule has 4 rings (SSSR count). The first-order chi connectivity index (χ1) is 11.7. The summed E-state index contributed by atoms with van der Waals surface area (Å²) in [6.07, 6.45) is 3.42. The molecular formula is C17H23ClN4O2. The highest BCUT2D eigenvalue weighted by molar-refractivity contribution is 6.30. The van der Waals surface area contributed by atoms with Crippen LogP contribution in [0.4, 0.5) is 10.5 Å². The third kappa shape index (κ3) is 3.24. The second-order valence-corrected chi connectivity index (χ2v) is 7.25. The van der Waals surface area contributed by atoms with Crippen LogP contribution in [-0.2, 0) is 4.74 Å². The fourth-order valence-electron chi connectivity index (χ4n) is 4.04. The Labute approximate surface area is 146 Å². The third-order valence-corrected chi connectivity index (χ3v) is 5.52. The van der Waals surface area contributed by atoms with Crippen molar-refractivity contribution in [1.29, 1.82) is 0 Å². The number of amides is 2. The van der Waals surface area contributed by atoms with Crippen LogP contribution < -0.4 is 16.2 Å². The molecule has 4 unspecified atom stereocenters. The van der Waals surface area contributed by atoms with E-state index < -0.39 is 0 Å². The first-order valence-electron chi connectivity index (χ1n) is 8.65. The number of hydrogen-bond donors (Lipinski definition) is 3. The molecule has 1 aromatic carbocycles. The standard InChI is InChI=1S/C17H23ClN4O2/c18-11-3-1-4-12(9-11)19-17(23)22-7-6-14-13(10-22)16(21-20-14)15-5-2-8-24-15/h1,3-4,9,13-16,20-21H,2,5-8,10H2,(H,19,23). The maximum atomic E-state index is 12.6. The van der Waals surface area contributed by atoms with Gasteiger partial charge in [0.2, 0.25) is 0 Å². The first kappa shape index (κ1) is 16.1. The molecule has 3 N–H and O–H groups in total. The van der Waals surface area contributed by atoms with Crippen LogP contribution in [0.1, 0.15) is 19.3 Å². The van der Waals surface area contributed by atoms with Crippen molar-refractivity contribution in [1.82, 2.24) is 15.8 Å². The molecule has 3 heterocycles. The fourth-order valence-corrected chi connectivity index (χ4v) is 4.23. The van der Waals surface area contributed by atoms with Crippen molar-refractivity contribution in [2.24, 2.45) is 5.92 Å². The van der Waals surface area contributed by atoms with Crippen LogP contribution in [0, 0.1) is 5.92 Å². The van der Waals surface area contributed by atoms with Crippen LogP contribution >= 0.6 is 11.6 Å². The van der Waals surface area contributed by atoms with E-state index in [2.05, 4.69) is 16.2 Å². The first-order valence-corrected chi connectivity index (χ1v) is 9.02. The SMILES string of the molecule is O=C(Nc1cccc(Cl)c1)N1CCC2NNC(C3CCCO3)C2C1. The number of rotatable bonds is 2. The minimum absolute atomic E-state index is 0.0614. The maximum Gasteiger partial charge on any atom is 0.321 e. The van der Waals surface area contributed by atoms with Crippen molar-refractivity contribution in [3.05, 3.63) is 29.3 Å². The van der Waals surface area contributed by atoms with Crippen LogP contribution in [0.3, 0.4) is 0 Å². The number of carbonyl (C=O) groups excluding carboxylic acids is 1. The number of halogens is 1. The van der Waals surface area contributed by atoms with Crippen LogP contribution in [0.15, 0.2) is 24.3 Å². The number of hydrogen-bond acceptors (Lipinski definition) is 4. The van der Waals surface area contributed by atoms with Crippen molar-refractivity contribution in [3.8, 4) is 0 Å². The quantitative estimate of drug-likeness (QED) is 0.765. The number of fused-ring (bicyclic) bond motifs is 1. The van der Waals surface area contributed by atoms with Gasteiger partial charge in [0.05, 0.1) is 12.1 Å². The number of nitrogens with zero attached hydrogens (tertiary/aromatic N) is 1. The highest BCUT2D eigenvalue weighted by Gasteiger charge is 2.45. The Morgan fingerprint density at radius 1 is 1.33 bits per heavy atom. The summed E-state index contributed by atoms with van der Waals surface area (Å²) in [4.78, 5) is 14.5. The van der Waals surface area contributed by atoms with Gasteiger partial charge in [-0.15, -0.1) is 0 Å². The molecule has 1 aromatic rings. The lowest BCUT2D eigenvalue weighted by atomic mass is 9.85. The molecule has 0 radical (unpaired) electrons. The summed E-state index contributed by atoms with van der Waals surface area (Å²) in [5.41, 5.74) is 7.53. The van der Waals surface area contributed by atoms with E-state index in [0.29, 0.717) is 17.0 Å². The van der Waals surface area contributed by atoms with E-state index in [9.17, 15) is 4.79 Å². The van der Waals surface area contributed by atoms with Crippen molar-refractivity contribution in [2.75, 3.05) is 25.0 Å². The van der Waals surface area contributed by atoms with E-state index in [0.717, 1.165) is 44.6 Å². The van der Waals surface area contributed by atoms with Crippen molar-refractivity contribution in [2.45, 2.75) is 37.5 Å². The topological polar surface area (TPSA) is 65.6 Å². The van der Waals surface area contributed by atoms with Crippen LogP contribution in [0.2, 0.25) is 5.02 Å². The normalized spacial score (nSPS) is 32.6. The predicted molar refractivity (Wildman–Crippen MR) is 93.0 cm³/mol. The predicted octanol–water partition coefficient (Wildman–Crippen LogP) is 2.22. The van der Waals surface area contributed by atoms with E-state index in [1.54, 1.807) is 12.1 Å². The Balaban J connectivity index is 1.40. The molecule has 0 saturated carbocycles. The van der Waals surface area contributed by atoms with E-state index in [4.69, 9.17) is 16.3 Å². The molecule has 2 amide bonds. The Morgan fingerprint density at radius 3 is 3.04 bits per heavy atom. The molecule has 0 spiro atoms. The van der Waals surface area contributed by atoms with E-state index in [1.165, 1.54) is 0 Å². The molecule has 24 heavy (non-hydrogen) atoms. The zero-order valence-electron chi connectivity index (χ0n) is 13.5.